The standard InChI is InChI=1S/C20H19N7O/c21-11-17-20(24-9-8-23-17)26-10-4-5-14(12-26)18-16(19(22)28)13-27(25-18)15-6-2-1-3-7-15/h1-3,6-9,13-14H,4-5,10,12H2,(H2,22,28). The SMILES string of the molecule is N#Cc1nccnc1N1CCCC(c2nn(-c3ccccc3)cc2C(N)=O)C1. The van der Waals surface area contributed by atoms with E-state index in [9.17, 15) is 10.1 Å². The van der Waals surface area contributed by atoms with Gasteiger partial charge in [-0.2, -0.15) is 10.4 Å². The van der Waals surface area contributed by atoms with Gasteiger partial charge < -0.3 is 10.6 Å². The van der Waals surface area contributed by atoms with E-state index in [4.69, 9.17) is 5.73 Å². The summed E-state index contributed by atoms with van der Waals surface area (Å²) in [6, 6.07) is 11.7. The molecule has 8 nitrogen and oxygen atoms in total. The summed E-state index contributed by atoms with van der Waals surface area (Å²) in [6.07, 6.45) is 6.55. The van der Waals surface area contributed by atoms with Crippen molar-refractivity contribution in [2.75, 3.05) is 18.0 Å². The van der Waals surface area contributed by atoms with Crippen molar-refractivity contribution in [1.82, 2.24) is 19.7 Å². The first-order valence-electron chi connectivity index (χ1n) is 9.08. The molecule has 8 heteroatoms. The molecule has 1 saturated heterocycles. The average Bonchev–Trinajstić information content (AvgIpc) is 3.20. The normalized spacial score (nSPS) is 16.5. The van der Waals surface area contributed by atoms with E-state index < -0.39 is 5.91 Å². The van der Waals surface area contributed by atoms with Crippen LogP contribution in [-0.4, -0.2) is 38.7 Å². The predicted octanol–water partition coefficient (Wildman–Crippen LogP) is 2.02. The van der Waals surface area contributed by atoms with Crippen molar-refractivity contribution in [1.29, 1.82) is 5.26 Å². The zero-order valence-corrected chi connectivity index (χ0v) is 15.2. The Morgan fingerprint density at radius 3 is 2.75 bits per heavy atom. The Balaban J connectivity index is 1.68. The summed E-state index contributed by atoms with van der Waals surface area (Å²) in [7, 11) is 0. The number of anilines is 1. The van der Waals surface area contributed by atoms with Crippen LogP contribution >= 0.6 is 0 Å². The van der Waals surface area contributed by atoms with Crippen molar-refractivity contribution in [2.24, 2.45) is 5.73 Å². The third-order valence-corrected chi connectivity index (χ3v) is 4.92. The molecule has 2 aromatic heterocycles. The minimum Gasteiger partial charge on any atom is -0.365 e. The van der Waals surface area contributed by atoms with E-state index in [0.29, 0.717) is 29.3 Å². The summed E-state index contributed by atoms with van der Waals surface area (Å²) in [5.74, 6) is 0.0825. The fourth-order valence-electron chi connectivity index (χ4n) is 3.63. The van der Waals surface area contributed by atoms with Crippen LogP contribution in [0.25, 0.3) is 5.69 Å². The molecular formula is C20H19N7O. The first-order valence-corrected chi connectivity index (χ1v) is 9.08. The van der Waals surface area contributed by atoms with Crippen molar-refractivity contribution in [3.05, 3.63) is 65.9 Å². The van der Waals surface area contributed by atoms with Crippen LogP contribution in [0, 0.1) is 11.3 Å². The molecule has 3 heterocycles. The van der Waals surface area contributed by atoms with Crippen molar-refractivity contribution >= 4 is 11.7 Å². The highest BCUT2D eigenvalue weighted by atomic mass is 16.1. The number of benzene rings is 1. The minimum absolute atomic E-state index is 0.00904. The zero-order valence-electron chi connectivity index (χ0n) is 15.2. The lowest BCUT2D eigenvalue weighted by molar-refractivity contribution is 0.0999. The number of para-hydroxylation sites is 1. The Morgan fingerprint density at radius 2 is 2.00 bits per heavy atom. The van der Waals surface area contributed by atoms with E-state index >= 15 is 0 Å². The molecule has 1 amide bonds. The lowest BCUT2D eigenvalue weighted by Crippen LogP contribution is -2.36. The van der Waals surface area contributed by atoms with Crippen LogP contribution in [-0.2, 0) is 0 Å². The predicted molar refractivity (Wildman–Crippen MR) is 103 cm³/mol. The highest BCUT2D eigenvalue weighted by Crippen LogP contribution is 2.31. The summed E-state index contributed by atoms with van der Waals surface area (Å²) < 4.78 is 1.69. The number of nitriles is 1. The summed E-state index contributed by atoms with van der Waals surface area (Å²) in [5, 5.41) is 14.0. The number of rotatable bonds is 4. The number of amides is 1. The van der Waals surface area contributed by atoms with Gasteiger partial charge in [0, 0.05) is 37.6 Å². The van der Waals surface area contributed by atoms with Crippen LogP contribution in [0.2, 0.25) is 0 Å². The van der Waals surface area contributed by atoms with Gasteiger partial charge in [-0.1, -0.05) is 18.2 Å². The first kappa shape index (κ1) is 17.7. The van der Waals surface area contributed by atoms with Gasteiger partial charge in [-0.15, -0.1) is 0 Å². The number of hydrogen-bond acceptors (Lipinski definition) is 6. The maximum Gasteiger partial charge on any atom is 0.252 e. The van der Waals surface area contributed by atoms with E-state index in [1.54, 1.807) is 17.1 Å². The summed E-state index contributed by atoms with van der Waals surface area (Å²) in [5.41, 5.74) is 7.91. The van der Waals surface area contributed by atoms with Crippen molar-refractivity contribution in [2.45, 2.75) is 18.8 Å². The lowest BCUT2D eigenvalue weighted by Gasteiger charge is -2.33. The molecule has 1 aromatic carbocycles. The molecule has 1 fully saturated rings. The Labute approximate surface area is 162 Å². The molecule has 0 radical (unpaired) electrons. The van der Waals surface area contributed by atoms with Gasteiger partial charge in [0.1, 0.15) is 6.07 Å². The molecule has 2 N–H and O–H groups in total. The second-order valence-corrected chi connectivity index (χ2v) is 6.70. The van der Waals surface area contributed by atoms with Crippen LogP contribution in [0.5, 0.6) is 0 Å². The molecule has 0 bridgehead atoms. The Kier molecular flexibility index (Phi) is 4.72. The van der Waals surface area contributed by atoms with Gasteiger partial charge >= 0.3 is 0 Å². The molecule has 1 aliphatic heterocycles. The molecule has 0 spiro atoms. The third kappa shape index (κ3) is 3.30. The van der Waals surface area contributed by atoms with Gasteiger partial charge in [0.15, 0.2) is 11.5 Å². The maximum atomic E-state index is 12.1. The summed E-state index contributed by atoms with van der Waals surface area (Å²) in [4.78, 5) is 22.5. The highest BCUT2D eigenvalue weighted by molar-refractivity contribution is 5.94. The second kappa shape index (κ2) is 7.48. The Morgan fingerprint density at radius 1 is 1.21 bits per heavy atom. The molecule has 140 valence electrons. The largest absolute Gasteiger partial charge is 0.365 e. The number of piperidine rings is 1. The van der Waals surface area contributed by atoms with Gasteiger partial charge in [0.05, 0.1) is 16.9 Å². The highest BCUT2D eigenvalue weighted by Gasteiger charge is 2.29. The zero-order chi connectivity index (χ0) is 19.5. The van der Waals surface area contributed by atoms with Crippen LogP contribution in [0.1, 0.15) is 40.5 Å². The fourth-order valence-corrected chi connectivity index (χ4v) is 3.63. The van der Waals surface area contributed by atoms with E-state index in [1.807, 2.05) is 35.2 Å². The molecule has 1 aliphatic rings. The van der Waals surface area contributed by atoms with E-state index in [0.717, 1.165) is 25.1 Å². The first-order chi connectivity index (χ1) is 13.7. The van der Waals surface area contributed by atoms with Gasteiger partial charge in [-0.3, -0.25) is 4.79 Å². The average molecular weight is 373 g/mol. The topological polar surface area (TPSA) is 114 Å². The van der Waals surface area contributed by atoms with Crippen LogP contribution in [0.15, 0.2) is 48.9 Å². The molecule has 0 aliphatic carbocycles. The molecule has 1 unspecified atom stereocenters. The van der Waals surface area contributed by atoms with Gasteiger partial charge in [0.2, 0.25) is 0 Å². The van der Waals surface area contributed by atoms with E-state index in [1.165, 1.54) is 6.20 Å². The quantitative estimate of drug-likeness (QED) is 0.748. The monoisotopic (exact) mass is 373 g/mol. The van der Waals surface area contributed by atoms with Gasteiger partial charge in [-0.25, -0.2) is 14.6 Å². The third-order valence-electron chi connectivity index (χ3n) is 4.92. The van der Waals surface area contributed by atoms with Crippen molar-refractivity contribution in [3.63, 3.8) is 0 Å². The summed E-state index contributed by atoms with van der Waals surface area (Å²) >= 11 is 0. The number of nitrogens with zero attached hydrogens (tertiary/aromatic N) is 6. The maximum absolute atomic E-state index is 12.1. The number of aromatic nitrogens is 4. The summed E-state index contributed by atoms with van der Waals surface area (Å²) in [6.45, 7) is 1.37. The van der Waals surface area contributed by atoms with E-state index in [2.05, 4.69) is 21.1 Å². The molecule has 1 atom stereocenters. The molecular weight excluding hydrogens is 354 g/mol. The Hall–Kier alpha value is -3.73. The lowest BCUT2D eigenvalue weighted by atomic mass is 9.92. The molecule has 4 rings (SSSR count). The minimum atomic E-state index is -0.494. The number of hydrogen-bond donors (Lipinski definition) is 1. The smallest absolute Gasteiger partial charge is 0.252 e. The Bertz CT molecular complexity index is 1040. The second-order valence-electron chi connectivity index (χ2n) is 6.70. The number of carbonyl (C=O) groups is 1. The van der Waals surface area contributed by atoms with Crippen LogP contribution < -0.4 is 10.6 Å². The fraction of sp³-hybridized carbons (Fsp3) is 0.250. The van der Waals surface area contributed by atoms with Crippen molar-refractivity contribution < 1.29 is 4.79 Å². The molecule has 28 heavy (non-hydrogen) atoms. The molecule has 3 aromatic rings. The van der Waals surface area contributed by atoms with Crippen molar-refractivity contribution in [3.8, 4) is 11.8 Å². The van der Waals surface area contributed by atoms with Crippen LogP contribution in [0.3, 0.4) is 0 Å². The van der Waals surface area contributed by atoms with Crippen LogP contribution in [0.4, 0.5) is 5.82 Å². The number of carbonyl (C=O) groups excluding carboxylic acids is 1. The van der Waals surface area contributed by atoms with Gasteiger partial charge in [-0.05, 0) is 25.0 Å². The number of nitrogens with two attached hydrogens (primary N) is 1. The number of primary amides is 1. The molecule has 0 saturated carbocycles. The van der Waals surface area contributed by atoms with E-state index in [-0.39, 0.29) is 5.92 Å². The van der Waals surface area contributed by atoms with Gasteiger partial charge in [0.25, 0.3) is 5.91 Å².